The van der Waals surface area contributed by atoms with Crippen LogP contribution in [0.2, 0.25) is 0 Å². The lowest BCUT2D eigenvalue weighted by Gasteiger charge is -2.08. The Labute approximate surface area is 131 Å². The molecule has 1 aromatic carbocycles. The fourth-order valence-corrected chi connectivity index (χ4v) is 3.60. The van der Waals surface area contributed by atoms with E-state index in [4.69, 9.17) is 0 Å². The Bertz CT molecular complexity index is 984. The van der Waals surface area contributed by atoms with Crippen LogP contribution in [0.4, 0.5) is 14.5 Å². The van der Waals surface area contributed by atoms with E-state index in [2.05, 4.69) is 9.71 Å². The lowest BCUT2D eigenvalue weighted by molar-refractivity contribution is 0.583. The Morgan fingerprint density at radius 2 is 2.04 bits per heavy atom. The van der Waals surface area contributed by atoms with Gasteiger partial charge in [-0.15, -0.1) is 0 Å². The molecule has 8 heteroatoms. The van der Waals surface area contributed by atoms with Crippen LogP contribution in [0.25, 0.3) is 11.0 Å². The number of pyridine rings is 1. The lowest BCUT2D eigenvalue weighted by atomic mass is 10.3. The largest absolute Gasteiger partial charge is 0.331 e. The molecule has 1 N–H and O–H groups in total. The molecule has 0 unspecified atom stereocenters. The predicted octanol–water partition coefficient (Wildman–Crippen LogP) is 3.14. The summed E-state index contributed by atoms with van der Waals surface area (Å²) in [6.45, 7) is 2.39. The summed E-state index contributed by atoms with van der Waals surface area (Å²) in [4.78, 5) is 4.16. The number of halogens is 2. The first-order valence-corrected chi connectivity index (χ1v) is 8.32. The minimum atomic E-state index is -4.04. The number of nitrogens with one attached hydrogen (secondary N) is 1. The van der Waals surface area contributed by atoms with Gasteiger partial charge in [-0.05, 0) is 31.2 Å². The average Bonchev–Trinajstić information content (AvgIpc) is 2.90. The van der Waals surface area contributed by atoms with Crippen LogP contribution in [0.3, 0.4) is 0 Å². The summed E-state index contributed by atoms with van der Waals surface area (Å²) in [5.41, 5.74) is 0.211. The van der Waals surface area contributed by atoms with Crippen molar-refractivity contribution in [3.05, 3.63) is 54.4 Å². The lowest BCUT2D eigenvalue weighted by Crippen LogP contribution is -2.13. The van der Waals surface area contributed by atoms with Gasteiger partial charge in [0.1, 0.15) is 22.2 Å². The first-order chi connectivity index (χ1) is 10.9. The molecular formula is C15H13F2N3O2S. The molecule has 5 nitrogen and oxygen atoms in total. The van der Waals surface area contributed by atoms with E-state index in [1.807, 2.05) is 6.92 Å². The van der Waals surface area contributed by atoms with E-state index in [1.54, 1.807) is 22.9 Å². The van der Waals surface area contributed by atoms with Crippen molar-refractivity contribution in [3.8, 4) is 0 Å². The van der Waals surface area contributed by atoms with Gasteiger partial charge in [-0.3, -0.25) is 4.72 Å². The van der Waals surface area contributed by atoms with Crippen LogP contribution in [0.5, 0.6) is 0 Å². The molecule has 0 aliphatic carbocycles. The number of fused-ring (bicyclic) bond motifs is 1. The molecule has 0 aliphatic rings. The average molecular weight is 337 g/mol. The number of hydrogen-bond donors (Lipinski definition) is 1. The second-order valence-corrected chi connectivity index (χ2v) is 6.53. The van der Waals surface area contributed by atoms with Crippen molar-refractivity contribution in [1.82, 2.24) is 9.55 Å². The first kappa shape index (κ1) is 15.4. The monoisotopic (exact) mass is 337 g/mol. The molecule has 0 saturated heterocycles. The summed E-state index contributed by atoms with van der Waals surface area (Å²) in [5.74, 6) is -1.76. The number of benzene rings is 1. The van der Waals surface area contributed by atoms with Crippen molar-refractivity contribution in [2.75, 3.05) is 4.72 Å². The fourth-order valence-electron chi connectivity index (χ4n) is 2.32. The van der Waals surface area contributed by atoms with Gasteiger partial charge in [0.15, 0.2) is 0 Å². The van der Waals surface area contributed by atoms with Gasteiger partial charge in [-0.25, -0.2) is 22.2 Å². The second-order valence-electron chi connectivity index (χ2n) is 4.88. The molecule has 0 aliphatic heterocycles. The van der Waals surface area contributed by atoms with Crippen LogP contribution in [0, 0.1) is 11.6 Å². The Kier molecular flexibility index (Phi) is 3.77. The van der Waals surface area contributed by atoms with E-state index in [0.29, 0.717) is 23.6 Å². The molecule has 23 heavy (non-hydrogen) atoms. The molecule has 0 fully saturated rings. The van der Waals surface area contributed by atoms with E-state index < -0.39 is 21.7 Å². The van der Waals surface area contributed by atoms with Crippen molar-refractivity contribution < 1.29 is 17.2 Å². The zero-order chi connectivity index (χ0) is 16.6. The van der Waals surface area contributed by atoms with Crippen LogP contribution in [-0.2, 0) is 16.6 Å². The van der Waals surface area contributed by atoms with Crippen molar-refractivity contribution >= 4 is 26.7 Å². The van der Waals surface area contributed by atoms with Gasteiger partial charge in [0.25, 0.3) is 10.0 Å². The minimum Gasteiger partial charge on any atom is -0.331 e. The maximum absolute atomic E-state index is 13.7. The highest BCUT2D eigenvalue weighted by molar-refractivity contribution is 7.93. The molecule has 0 bridgehead atoms. The van der Waals surface area contributed by atoms with Gasteiger partial charge in [0, 0.05) is 30.4 Å². The molecule has 0 atom stereocenters. The molecule has 3 rings (SSSR count). The van der Waals surface area contributed by atoms with Crippen LogP contribution in [-0.4, -0.2) is 18.0 Å². The Hall–Kier alpha value is -2.48. The maximum atomic E-state index is 13.7. The summed E-state index contributed by atoms with van der Waals surface area (Å²) in [7, 11) is -4.04. The first-order valence-electron chi connectivity index (χ1n) is 6.84. The van der Waals surface area contributed by atoms with Gasteiger partial charge in [-0.2, -0.15) is 0 Å². The van der Waals surface area contributed by atoms with Gasteiger partial charge in [0.2, 0.25) is 0 Å². The minimum absolute atomic E-state index is 0.00817. The number of aryl methyl sites for hydroxylation is 1. The highest BCUT2D eigenvalue weighted by atomic mass is 32.2. The molecule has 0 radical (unpaired) electrons. The maximum Gasteiger partial charge on any atom is 0.264 e. The third-order valence-electron chi connectivity index (χ3n) is 3.40. The van der Waals surface area contributed by atoms with E-state index >= 15 is 0 Å². The van der Waals surface area contributed by atoms with E-state index in [9.17, 15) is 17.2 Å². The van der Waals surface area contributed by atoms with Gasteiger partial charge >= 0.3 is 0 Å². The Morgan fingerprint density at radius 3 is 2.74 bits per heavy atom. The van der Waals surface area contributed by atoms with Crippen LogP contribution in [0.15, 0.2) is 47.6 Å². The highest BCUT2D eigenvalue weighted by Crippen LogP contribution is 2.26. The quantitative estimate of drug-likeness (QED) is 0.795. The Morgan fingerprint density at radius 1 is 1.26 bits per heavy atom. The molecule has 3 aromatic rings. The van der Waals surface area contributed by atoms with Crippen LogP contribution < -0.4 is 4.72 Å². The zero-order valence-corrected chi connectivity index (χ0v) is 12.9. The molecular weight excluding hydrogens is 324 g/mol. The number of aromatic nitrogens is 2. The molecule has 2 heterocycles. The highest BCUT2D eigenvalue weighted by Gasteiger charge is 2.22. The van der Waals surface area contributed by atoms with Crippen molar-refractivity contribution in [3.63, 3.8) is 0 Å². The van der Waals surface area contributed by atoms with Crippen molar-refractivity contribution in [2.24, 2.45) is 0 Å². The van der Waals surface area contributed by atoms with Crippen LogP contribution in [0.1, 0.15) is 6.92 Å². The third-order valence-corrected chi connectivity index (χ3v) is 4.80. The summed E-state index contributed by atoms with van der Waals surface area (Å²) in [5, 5.41) is 0.435. The number of hydrogen-bond acceptors (Lipinski definition) is 3. The SMILES string of the molecule is CCn1cc(S(=O)(=O)Nc2ccc(F)cc2F)c2cccnc21. The number of sulfonamides is 1. The fraction of sp³-hybridized carbons (Fsp3) is 0.133. The summed E-state index contributed by atoms with van der Waals surface area (Å²) < 4.78 is 55.6. The van der Waals surface area contributed by atoms with E-state index in [-0.39, 0.29) is 10.6 Å². The molecule has 0 spiro atoms. The summed E-state index contributed by atoms with van der Waals surface area (Å²) in [6.07, 6.45) is 3.01. The number of rotatable bonds is 4. The summed E-state index contributed by atoms with van der Waals surface area (Å²) in [6, 6.07) is 5.90. The zero-order valence-electron chi connectivity index (χ0n) is 12.1. The smallest absolute Gasteiger partial charge is 0.264 e. The van der Waals surface area contributed by atoms with Crippen molar-refractivity contribution in [2.45, 2.75) is 18.4 Å². The number of nitrogens with zero attached hydrogens (tertiary/aromatic N) is 2. The molecule has 0 saturated carbocycles. The molecule has 120 valence electrons. The van der Waals surface area contributed by atoms with E-state index in [0.717, 1.165) is 12.1 Å². The second kappa shape index (κ2) is 5.62. The van der Waals surface area contributed by atoms with Gasteiger partial charge in [0.05, 0.1) is 5.69 Å². The van der Waals surface area contributed by atoms with E-state index in [1.165, 1.54) is 6.20 Å². The third kappa shape index (κ3) is 2.77. The molecule has 2 aromatic heterocycles. The topological polar surface area (TPSA) is 64.0 Å². The van der Waals surface area contributed by atoms with Crippen molar-refractivity contribution in [1.29, 1.82) is 0 Å². The van der Waals surface area contributed by atoms with Gasteiger partial charge in [-0.1, -0.05) is 0 Å². The standard InChI is InChI=1S/C15H13F2N3O2S/c1-2-20-9-14(11-4-3-7-18-15(11)20)23(21,22)19-13-6-5-10(16)8-12(13)17/h3-9,19H,2H2,1H3. The van der Waals surface area contributed by atoms with Gasteiger partial charge < -0.3 is 4.57 Å². The summed E-state index contributed by atoms with van der Waals surface area (Å²) >= 11 is 0. The van der Waals surface area contributed by atoms with Crippen LogP contribution >= 0.6 is 0 Å². The Balaban J connectivity index is 2.10. The normalized spacial score (nSPS) is 11.8. The predicted molar refractivity (Wildman–Crippen MR) is 82.6 cm³/mol. The molecule has 0 amide bonds. The number of anilines is 1.